The molecule has 0 aliphatic heterocycles. The van der Waals surface area contributed by atoms with Crippen molar-refractivity contribution in [2.75, 3.05) is 7.11 Å². The summed E-state index contributed by atoms with van der Waals surface area (Å²) in [5, 5.41) is 2.36. The first kappa shape index (κ1) is 15.6. The Bertz CT molecular complexity index is 1270. The van der Waals surface area contributed by atoms with E-state index in [1.807, 2.05) is 30.6 Å². The van der Waals surface area contributed by atoms with Gasteiger partial charge in [-0.25, -0.2) is 4.98 Å². The van der Waals surface area contributed by atoms with Crippen molar-refractivity contribution in [1.29, 1.82) is 0 Å². The lowest BCUT2D eigenvalue weighted by molar-refractivity contribution is 0.415. The van der Waals surface area contributed by atoms with E-state index < -0.39 is 0 Å². The first-order valence-electron chi connectivity index (χ1n) is 8.93. The number of hydrogen-bond acceptors (Lipinski definition) is 2. The number of ether oxygens (including phenoxy) is 1. The first-order chi connectivity index (χ1) is 13.3. The van der Waals surface area contributed by atoms with Gasteiger partial charge in [0.1, 0.15) is 12.1 Å². The lowest BCUT2D eigenvalue weighted by atomic mass is 9.99. The maximum Gasteiger partial charge on any atom is 0.119 e. The number of imidazole rings is 1. The molecule has 0 saturated heterocycles. The summed E-state index contributed by atoms with van der Waals surface area (Å²) in [5.41, 5.74) is 5.59. The van der Waals surface area contributed by atoms with Gasteiger partial charge in [-0.15, -0.1) is 0 Å². The van der Waals surface area contributed by atoms with Crippen molar-refractivity contribution in [2.45, 2.75) is 0 Å². The molecule has 27 heavy (non-hydrogen) atoms. The molecule has 4 aromatic carbocycles. The summed E-state index contributed by atoms with van der Waals surface area (Å²) in [6, 6.07) is 29.4. The molecule has 0 atom stereocenters. The van der Waals surface area contributed by atoms with Crippen molar-refractivity contribution in [2.24, 2.45) is 0 Å². The normalized spacial score (nSPS) is 11.1. The largest absolute Gasteiger partial charge is 0.497 e. The number of aromatic nitrogens is 2. The molecular formula is C24H18N2O. The molecule has 0 radical (unpaired) electrons. The van der Waals surface area contributed by atoms with Gasteiger partial charge in [0.05, 0.1) is 23.8 Å². The predicted molar refractivity (Wildman–Crippen MR) is 111 cm³/mol. The van der Waals surface area contributed by atoms with Crippen molar-refractivity contribution in [1.82, 2.24) is 9.55 Å². The Morgan fingerprint density at radius 3 is 2.48 bits per heavy atom. The van der Waals surface area contributed by atoms with Crippen LogP contribution in [0.3, 0.4) is 0 Å². The van der Waals surface area contributed by atoms with Crippen molar-refractivity contribution >= 4 is 21.8 Å². The number of benzene rings is 4. The lowest BCUT2D eigenvalue weighted by Gasteiger charge is -2.12. The SMILES string of the molecule is COc1ccc2cc(-c3ccccc3-n3cnc4ccccc43)ccc2c1. The van der Waals surface area contributed by atoms with Crippen molar-refractivity contribution in [3.8, 4) is 22.6 Å². The van der Waals surface area contributed by atoms with Gasteiger partial charge in [-0.2, -0.15) is 0 Å². The van der Waals surface area contributed by atoms with Gasteiger partial charge in [0.15, 0.2) is 0 Å². The fraction of sp³-hybridized carbons (Fsp3) is 0.0417. The molecule has 0 spiro atoms. The zero-order chi connectivity index (χ0) is 18.2. The van der Waals surface area contributed by atoms with Gasteiger partial charge in [-0.3, -0.25) is 4.57 Å². The molecule has 3 heteroatoms. The van der Waals surface area contributed by atoms with E-state index in [2.05, 4.69) is 70.2 Å². The molecule has 3 nitrogen and oxygen atoms in total. The standard InChI is InChI=1S/C24H18N2O/c1-27-20-13-12-17-14-19(11-10-18(17)15-20)21-6-2-4-8-23(21)26-16-25-22-7-3-5-9-24(22)26/h2-16H,1H3. The molecular weight excluding hydrogens is 332 g/mol. The van der Waals surface area contributed by atoms with E-state index in [9.17, 15) is 0 Å². The summed E-state index contributed by atoms with van der Waals surface area (Å²) >= 11 is 0. The quantitative estimate of drug-likeness (QED) is 0.408. The number of nitrogens with zero attached hydrogens (tertiary/aromatic N) is 2. The van der Waals surface area contributed by atoms with Gasteiger partial charge >= 0.3 is 0 Å². The van der Waals surface area contributed by atoms with Crippen LogP contribution >= 0.6 is 0 Å². The average molecular weight is 350 g/mol. The van der Waals surface area contributed by atoms with Gasteiger partial charge in [0.2, 0.25) is 0 Å². The zero-order valence-corrected chi connectivity index (χ0v) is 15.0. The summed E-state index contributed by atoms with van der Waals surface area (Å²) < 4.78 is 7.49. The van der Waals surface area contributed by atoms with E-state index in [1.165, 1.54) is 21.9 Å². The number of hydrogen-bond donors (Lipinski definition) is 0. The van der Waals surface area contributed by atoms with E-state index in [1.54, 1.807) is 7.11 Å². The number of para-hydroxylation sites is 3. The average Bonchev–Trinajstić information content (AvgIpc) is 3.17. The molecule has 1 heterocycles. The molecule has 130 valence electrons. The van der Waals surface area contributed by atoms with Crippen LogP contribution in [0.4, 0.5) is 0 Å². The monoisotopic (exact) mass is 350 g/mol. The van der Waals surface area contributed by atoms with E-state index in [0.717, 1.165) is 22.5 Å². The zero-order valence-electron chi connectivity index (χ0n) is 15.0. The van der Waals surface area contributed by atoms with E-state index in [4.69, 9.17) is 4.74 Å². The molecule has 1 aromatic heterocycles. The second-order valence-electron chi connectivity index (χ2n) is 6.55. The summed E-state index contributed by atoms with van der Waals surface area (Å²) in [4.78, 5) is 4.55. The van der Waals surface area contributed by atoms with Gasteiger partial charge in [0.25, 0.3) is 0 Å². The van der Waals surface area contributed by atoms with Crippen molar-refractivity contribution < 1.29 is 4.74 Å². The number of fused-ring (bicyclic) bond motifs is 2. The van der Waals surface area contributed by atoms with Crippen LogP contribution in [0.5, 0.6) is 5.75 Å². The minimum atomic E-state index is 0.875. The Labute approximate surface area is 157 Å². The summed E-state index contributed by atoms with van der Waals surface area (Å²) in [7, 11) is 1.70. The van der Waals surface area contributed by atoms with Crippen molar-refractivity contribution in [3.05, 3.63) is 91.3 Å². The van der Waals surface area contributed by atoms with E-state index in [-0.39, 0.29) is 0 Å². The van der Waals surface area contributed by atoms with Crippen LogP contribution in [0.25, 0.3) is 38.6 Å². The van der Waals surface area contributed by atoms with Crippen LogP contribution in [-0.4, -0.2) is 16.7 Å². The predicted octanol–water partition coefficient (Wildman–Crippen LogP) is 5.85. The maximum absolute atomic E-state index is 5.34. The molecule has 5 rings (SSSR count). The molecule has 5 aromatic rings. The lowest BCUT2D eigenvalue weighted by Crippen LogP contribution is -1.95. The summed E-state index contributed by atoms with van der Waals surface area (Å²) in [6.07, 6.45) is 1.90. The second kappa shape index (κ2) is 6.29. The topological polar surface area (TPSA) is 27.1 Å². The molecule has 0 amide bonds. The smallest absolute Gasteiger partial charge is 0.119 e. The molecule has 0 bridgehead atoms. The third-order valence-corrected chi connectivity index (χ3v) is 4.98. The highest BCUT2D eigenvalue weighted by molar-refractivity contribution is 5.90. The van der Waals surface area contributed by atoms with Gasteiger partial charge in [-0.1, -0.05) is 48.5 Å². The fourth-order valence-corrected chi connectivity index (χ4v) is 3.60. The Morgan fingerprint density at radius 1 is 0.778 bits per heavy atom. The van der Waals surface area contributed by atoms with Gasteiger partial charge < -0.3 is 4.74 Å². The fourth-order valence-electron chi connectivity index (χ4n) is 3.60. The highest BCUT2D eigenvalue weighted by atomic mass is 16.5. The van der Waals surface area contributed by atoms with Crippen LogP contribution in [0, 0.1) is 0 Å². The minimum Gasteiger partial charge on any atom is -0.497 e. The van der Waals surface area contributed by atoms with Crippen LogP contribution < -0.4 is 4.74 Å². The Morgan fingerprint density at radius 2 is 1.56 bits per heavy atom. The molecule has 0 aliphatic rings. The molecule has 0 saturated carbocycles. The molecule has 0 aliphatic carbocycles. The van der Waals surface area contributed by atoms with Crippen LogP contribution in [0.15, 0.2) is 91.3 Å². The Kier molecular flexibility index (Phi) is 3.65. The number of rotatable bonds is 3. The molecule has 0 unspecified atom stereocenters. The van der Waals surface area contributed by atoms with Gasteiger partial charge in [-0.05, 0) is 52.7 Å². The van der Waals surface area contributed by atoms with Crippen LogP contribution in [0.1, 0.15) is 0 Å². The van der Waals surface area contributed by atoms with E-state index >= 15 is 0 Å². The van der Waals surface area contributed by atoms with Crippen LogP contribution in [-0.2, 0) is 0 Å². The third kappa shape index (κ3) is 2.64. The number of methoxy groups -OCH3 is 1. The highest BCUT2D eigenvalue weighted by Gasteiger charge is 2.10. The van der Waals surface area contributed by atoms with Crippen molar-refractivity contribution in [3.63, 3.8) is 0 Å². The second-order valence-corrected chi connectivity index (χ2v) is 6.55. The molecule has 0 fully saturated rings. The Balaban J connectivity index is 1.69. The Hall–Kier alpha value is -3.59. The van der Waals surface area contributed by atoms with Crippen LogP contribution in [0.2, 0.25) is 0 Å². The van der Waals surface area contributed by atoms with Gasteiger partial charge in [0, 0.05) is 5.56 Å². The summed E-state index contributed by atoms with van der Waals surface area (Å²) in [6.45, 7) is 0. The minimum absolute atomic E-state index is 0.875. The maximum atomic E-state index is 5.34. The molecule has 0 N–H and O–H groups in total. The highest BCUT2D eigenvalue weighted by Crippen LogP contribution is 2.32. The van der Waals surface area contributed by atoms with E-state index in [0.29, 0.717) is 0 Å². The summed E-state index contributed by atoms with van der Waals surface area (Å²) in [5.74, 6) is 0.875. The third-order valence-electron chi connectivity index (χ3n) is 4.98. The first-order valence-corrected chi connectivity index (χ1v) is 8.93.